The molecule has 0 spiro atoms. The standard InChI is InChI=1S/C12H23N3OS/c1-8(2)17-7-9-14-10(16-15-9)11(3,4)12(5,6)13/h8H,7,13H2,1-6H3. The molecule has 0 radical (unpaired) electrons. The van der Waals surface area contributed by atoms with Gasteiger partial charge in [-0.25, -0.2) is 0 Å². The highest BCUT2D eigenvalue weighted by atomic mass is 32.2. The van der Waals surface area contributed by atoms with E-state index in [1.807, 2.05) is 27.7 Å². The van der Waals surface area contributed by atoms with Gasteiger partial charge < -0.3 is 10.3 Å². The van der Waals surface area contributed by atoms with Crippen LogP contribution in [0.2, 0.25) is 0 Å². The first-order valence-corrected chi connectivity index (χ1v) is 6.93. The Balaban J connectivity index is 2.81. The van der Waals surface area contributed by atoms with Gasteiger partial charge >= 0.3 is 0 Å². The molecule has 0 atom stereocenters. The largest absolute Gasteiger partial charge is 0.339 e. The maximum Gasteiger partial charge on any atom is 0.234 e. The van der Waals surface area contributed by atoms with Crippen LogP contribution in [0.15, 0.2) is 4.52 Å². The molecular formula is C12H23N3OS. The quantitative estimate of drug-likeness (QED) is 0.878. The van der Waals surface area contributed by atoms with Crippen LogP contribution >= 0.6 is 11.8 Å². The second kappa shape index (κ2) is 4.98. The molecule has 1 aromatic heterocycles. The van der Waals surface area contributed by atoms with Gasteiger partial charge in [0, 0.05) is 5.54 Å². The fourth-order valence-electron chi connectivity index (χ4n) is 1.08. The summed E-state index contributed by atoms with van der Waals surface area (Å²) in [7, 11) is 0. The van der Waals surface area contributed by atoms with Gasteiger partial charge in [-0.1, -0.05) is 19.0 Å². The van der Waals surface area contributed by atoms with Crippen molar-refractivity contribution >= 4 is 11.8 Å². The maximum atomic E-state index is 6.14. The summed E-state index contributed by atoms with van der Waals surface area (Å²) in [5, 5.41) is 4.57. The molecule has 5 heteroatoms. The van der Waals surface area contributed by atoms with Gasteiger partial charge in [-0.05, 0) is 32.9 Å². The Morgan fingerprint density at radius 2 is 1.88 bits per heavy atom. The van der Waals surface area contributed by atoms with E-state index in [9.17, 15) is 0 Å². The molecule has 0 unspecified atom stereocenters. The molecule has 2 N–H and O–H groups in total. The Bertz CT molecular complexity index is 366. The van der Waals surface area contributed by atoms with Crippen LogP contribution in [0.25, 0.3) is 0 Å². The minimum atomic E-state index is -0.401. The van der Waals surface area contributed by atoms with Gasteiger partial charge in [0.1, 0.15) is 0 Å². The number of nitrogens with zero attached hydrogens (tertiary/aromatic N) is 2. The fourth-order valence-corrected chi connectivity index (χ4v) is 1.68. The van der Waals surface area contributed by atoms with Crippen LogP contribution < -0.4 is 5.73 Å². The molecule has 0 bridgehead atoms. The third-order valence-corrected chi connectivity index (χ3v) is 4.25. The van der Waals surface area contributed by atoms with Gasteiger partial charge in [-0.2, -0.15) is 16.7 Å². The topological polar surface area (TPSA) is 64.9 Å². The van der Waals surface area contributed by atoms with Gasteiger partial charge in [0.25, 0.3) is 0 Å². The van der Waals surface area contributed by atoms with Crippen molar-refractivity contribution in [3.05, 3.63) is 11.7 Å². The summed E-state index contributed by atoms with van der Waals surface area (Å²) >= 11 is 1.80. The van der Waals surface area contributed by atoms with Gasteiger partial charge in [-0.15, -0.1) is 0 Å². The Labute approximate surface area is 108 Å². The molecule has 1 rings (SSSR count). The van der Waals surface area contributed by atoms with Crippen LogP contribution in [0.4, 0.5) is 0 Å². The van der Waals surface area contributed by atoms with Crippen molar-refractivity contribution in [3.8, 4) is 0 Å². The van der Waals surface area contributed by atoms with Crippen LogP contribution in [0.5, 0.6) is 0 Å². The monoisotopic (exact) mass is 257 g/mol. The van der Waals surface area contributed by atoms with Crippen molar-refractivity contribution in [1.29, 1.82) is 0 Å². The SMILES string of the molecule is CC(C)SCc1noc(C(C)(C)C(C)(C)N)n1. The Morgan fingerprint density at radius 1 is 1.29 bits per heavy atom. The molecule has 17 heavy (non-hydrogen) atoms. The van der Waals surface area contributed by atoms with E-state index in [4.69, 9.17) is 10.3 Å². The zero-order chi connectivity index (χ0) is 13.3. The summed E-state index contributed by atoms with van der Waals surface area (Å²) in [6.45, 7) is 12.3. The number of hydrogen-bond acceptors (Lipinski definition) is 5. The predicted molar refractivity (Wildman–Crippen MR) is 72.0 cm³/mol. The first-order chi connectivity index (χ1) is 7.64. The average Bonchev–Trinajstić information content (AvgIpc) is 2.61. The fraction of sp³-hybridized carbons (Fsp3) is 0.833. The van der Waals surface area contributed by atoms with Gasteiger partial charge in [0.15, 0.2) is 5.82 Å². The molecule has 0 aliphatic heterocycles. The molecule has 0 saturated heterocycles. The minimum absolute atomic E-state index is 0.333. The molecular weight excluding hydrogens is 234 g/mol. The predicted octanol–water partition coefficient (Wildman–Crippen LogP) is 2.73. The van der Waals surface area contributed by atoms with E-state index in [-0.39, 0.29) is 5.41 Å². The van der Waals surface area contributed by atoms with E-state index >= 15 is 0 Å². The molecule has 0 aromatic carbocycles. The van der Waals surface area contributed by atoms with E-state index in [0.29, 0.717) is 11.1 Å². The maximum absolute atomic E-state index is 6.14. The van der Waals surface area contributed by atoms with E-state index in [1.165, 1.54) is 0 Å². The zero-order valence-corrected chi connectivity index (χ0v) is 12.4. The molecule has 1 heterocycles. The Kier molecular flexibility index (Phi) is 4.25. The molecule has 0 aliphatic rings. The lowest BCUT2D eigenvalue weighted by atomic mass is 9.75. The highest BCUT2D eigenvalue weighted by Gasteiger charge is 2.40. The number of thioether (sulfide) groups is 1. The Hall–Kier alpha value is -0.550. The lowest BCUT2D eigenvalue weighted by Crippen LogP contribution is -2.50. The van der Waals surface area contributed by atoms with Crippen LogP contribution in [-0.4, -0.2) is 20.9 Å². The lowest BCUT2D eigenvalue weighted by Gasteiger charge is -2.34. The molecule has 0 amide bonds. The number of aromatic nitrogens is 2. The molecule has 0 aliphatic carbocycles. The van der Waals surface area contributed by atoms with E-state index in [1.54, 1.807) is 11.8 Å². The molecule has 1 aromatic rings. The first-order valence-electron chi connectivity index (χ1n) is 5.88. The summed E-state index contributed by atoms with van der Waals surface area (Å²) in [5.41, 5.74) is 5.41. The molecule has 0 fully saturated rings. The number of nitrogens with two attached hydrogens (primary N) is 1. The van der Waals surface area contributed by atoms with Crippen molar-refractivity contribution in [2.24, 2.45) is 5.73 Å². The van der Waals surface area contributed by atoms with Crippen molar-refractivity contribution < 1.29 is 4.52 Å². The van der Waals surface area contributed by atoms with Crippen LogP contribution in [0, 0.1) is 0 Å². The van der Waals surface area contributed by atoms with Crippen molar-refractivity contribution in [2.45, 2.75) is 63.5 Å². The summed E-state index contributed by atoms with van der Waals surface area (Å²) < 4.78 is 5.33. The van der Waals surface area contributed by atoms with Crippen LogP contribution in [0.3, 0.4) is 0 Å². The van der Waals surface area contributed by atoms with E-state index in [2.05, 4.69) is 24.0 Å². The third-order valence-electron chi connectivity index (χ3n) is 3.16. The normalized spacial score (nSPS) is 13.4. The third kappa shape index (κ3) is 3.45. The molecule has 98 valence electrons. The highest BCUT2D eigenvalue weighted by molar-refractivity contribution is 7.99. The van der Waals surface area contributed by atoms with E-state index < -0.39 is 5.54 Å². The lowest BCUT2D eigenvalue weighted by molar-refractivity contribution is 0.222. The second-order valence-corrected chi connectivity index (χ2v) is 7.29. The van der Waals surface area contributed by atoms with Crippen LogP contribution in [-0.2, 0) is 11.2 Å². The summed E-state index contributed by atoms with van der Waals surface area (Å²) in [6, 6.07) is 0. The number of hydrogen-bond donors (Lipinski definition) is 1. The summed E-state index contributed by atoms with van der Waals surface area (Å²) in [5.74, 6) is 2.14. The van der Waals surface area contributed by atoms with Crippen molar-refractivity contribution in [1.82, 2.24) is 10.1 Å². The Morgan fingerprint density at radius 3 is 2.35 bits per heavy atom. The van der Waals surface area contributed by atoms with Gasteiger partial charge in [0.05, 0.1) is 11.2 Å². The zero-order valence-electron chi connectivity index (χ0n) is 11.6. The summed E-state index contributed by atoms with van der Waals surface area (Å²) in [4.78, 5) is 4.44. The van der Waals surface area contributed by atoms with Crippen molar-refractivity contribution in [3.63, 3.8) is 0 Å². The highest BCUT2D eigenvalue weighted by Crippen LogP contribution is 2.32. The second-order valence-electron chi connectivity index (χ2n) is 5.72. The minimum Gasteiger partial charge on any atom is -0.339 e. The first kappa shape index (κ1) is 14.5. The number of rotatable bonds is 5. The molecule has 0 saturated carbocycles. The van der Waals surface area contributed by atoms with Gasteiger partial charge in [-0.3, -0.25) is 0 Å². The summed E-state index contributed by atoms with van der Waals surface area (Å²) in [6.07, 6.45) is 0. The van der Waals surface area contributed by atoms with Gasteiger partial charge in [0.2, 0.25) is 5.89 Å². The van der Waals surface area contributed by atoms with Crippen LogP contribution in [0.1, 0.15) is 53.3 Å². The smallest absolute Gasteiger partial charge is 0.234 e. The van der Waals surface area contributed by atoms with E-state index in [0.717, 1.165) is 11.6 Å². The average molecular weight is 257 g/mol. The van der Waals surface area contributed by atoms with Crippen molar-refractivity contribution in [2.75, 3.05) is 0 Å². The molecule has 4 nitrogen and oxygen atoms in total.